The van der Waals surface area contributed by atoms with Crippen LogP contribution in [0.1, 0.15) is 31.7 Å². The van der Waals surface area contributed by atoms with Gasteiger partial charge in [-0.25, -0.2) is 0 Å². The standard InChI is InChI=1S/C16H24ClNO2/c1-3-16(6-7-16)11-18-9-13(19)10-20-14-4-5-15(17)12(2)8-14/h4-5,8,13,18-19H,3,6-7,9-11H2,1-2H3. The third-order valence-corrected chi connectivity index (χ3v) is 4.58. The van der Waals surface area contributed by atoms with E-state index in [4.69, 9.17) is 16.3 Å². The molecule has 0 bridgehead atoms. The molecule has 1 saturated carbocycles. The Morgan fingerprint density at radius 2 is 2.20 bits per heavy atom. The number of hydrogen-bond acceptors (Lipinski definition) is 3. The highest BCUT2D eigenvalue weighted by atomic mass is 35.5. The molecule has 0 heterocycles. The lowest BCUT2D eigenvalue weighted by Crippen LogP contribution is -2.34. The fourth-order valence-corrected chi connectivity index (χ4v) is 2.41. The molecule has 112 valence electrons. The summed E-state index contributed by atoms with van der Waals surface area (Å²) in [5.41, 5.74) is 1.49. The zero-order valence-corrected chi connectivity index (χ0v) is 13.0. The number of benzene rings is 1. The molecule has 0 amide bonds. The lowest BCUT2D eigenvalue weighted by atomic mass is 10.0. The van der Waals surface area contributed by atoms with Gasteiger partial charge in [0.1, 0.15) is 18.5 Å². The van der Waals surface area contributed by atoms with E-state index in [9.17, 15) is 5.11 Å². The molecule has 1 atom stereocenters. The van der Waals surface area contributed by atoms with E-state index in [-0.39, 0.29) is 0 Å². The number of rotatable bonds is 8. The van der Waals surface area contributed by atoms with Crippen LogP contribution in [0.5, 0.6) is 5.75 Å². The molecular weight excluding hydrogens is 274 g/mol. The summed E-state index contributed by atoms with van der Waals surface area (Å²) in [5.74, 6) is 0.748. The summed E-state index contributed by atoms with van der Waals surface area (Å²) >= 11 is 5.96. The monoisotopic (exact) mass is 297 g/mol. The molecule has 0 aliphatic heterocycles. The maximum absolute atomic E-state index is 9.91. The SMILES string of the molecule is CCC1(CNCC(O)COc2ccc(Cl)c(C)c2)CC1. The lowest BCUT2D eigenvalue weighted by molar-refractivity contribution is 0.105. The number of ether oxygens (including phenoxy) is 1. The summed E-state index contributed by atoms with van der Waals surface area (Å²) in [5, 5.41) is 14.0. The number of aryl methyl sites for hydroxylation is 1. The van der Waals surface area contributed by atoms with Crippen molar-refractivity contribution in [3.8, 4) is 5.75 Å². The van der Waals surface area contributed by atoms with E-state index in [1.54, 1.807) is 0 Å². The lowest BCUT2D eigenvalue weighted by Gasteiger charge is -2.17. The van der Waals surface area contributed by atoms with Gasteiger partial charge in [-0.05, 0) is 55.4 Å². The van der Waals surface area contributed by atoms with Crippen molar-refractivity contribution >= 4 is 11.6 Å². The summed E-state index contributed by atoms with van der Waals surface area (Å²) in [4.78, 5) is 0. The summed E-state index contributed by atoms with van der Waals surface area (Å²) < 4.78 is 5.58. The molecule has 2 rings (SSSR count). The van der Waals surface area contributed by atoms with Gasteiger partial charge in [-0.15, -0.1) is 0 Å². The van der Waals surface area contributed by atoms with E-state index < -0.39 is 6.10 Å². The van der Waals surface area contributed by atoms with E-state index >= 15 is 0 Å². The first-order valence-corrected chi connectivity index (χ1v) is 7.70. The maximum atomic E-state index is 9.91. The molecule has 1 fully saturated rings. The van der Waals surface area contributed by atoms with Crippen LogP contribution in [0.4, 0.5) is 0 Å². The Bertz CT molecular complexity index is 446. The topological polar surface area (TPSA) is 41.5 Å². The van der Waals surface area contributed by atoms with E-state index in [1.807, 2.05) is 25.1 Å². The third kappa shape index (κ3) is 4.37. The second-order valence-corrected chi connectivity index (χ2v) is 6.27. The van der Waals surface area contributed by atoms with Gasteiger partial charge < -0.3 is 15.2 Å². The second-order valence-electron chi connectivity index (χ2n) is 5.86. The van der Waals surface area contributed by atoms with Crippen LogP contribution in [0.3, 0.4) is 0 Å². The van der Waals surface area contributed by atoms with Gasteiger partial charge in [0.25, 0.3) is 0 Å². The second kappa shape index (κ2) is 6.79. The highest BCUT2D eigenvalue weighted by Crippen LogP contribution is 2.47. The van der Waals surface area contributed by atoms with Crippen LogP contribution in [-0.4, -0.2) is 30.9 Å². The molecule has 0 spiro atoms. The first-order chi connectivity index (χ1) is 9.54. The minimum Gasteiger partial charge on any atom is -0.491 e. The average molecular weight is 298 g/mol. The van der Waals surface area contributed by atoms with Crippen LogP contribution in [0, 0.1) is 12.3 Å². The van der Waals surface area contributed by atoms with Gasteiger partial charge in [0.15, 0.2) is 0 Å². The molecule has 1 aliphatic rings. The van der Waals surface area contributed by atoms with Crippen LogP contribution >= 0.6 is 11.6 Å². The van der Waals surface area contributed by atoms with Crippen molar-refractivity contribution in [2.45, 2.75) is 39.2 Å². The normalized spacial score (nSPS) is 17.8. The van der Waals surface area contributed by atoms with Crippen molar-refractivity contribution in [1.29, 1.82) is 0 Å². The first kappa shape index (κ1) is 15.6. The van der Waals surface area contributed by atoms with Crippen molar-refractivity contribution in [3.63, 3.8) is 0 Å². The number of aliphatic hydroxyl groups excluding tert-OH is 1. The molecule has 0 aromatic heterocycles. The fraction of sp³-hybridized carbons (Fsp3) is 0.625. The average Bonchev–Trinajstić information content (AvgIpc) is 3.21. The molecule has 0 saturated heterocycles. The van der Waals surface area contributed by atoms with Crippen LogP contribution in [0.15, 0.2) is 18.2 Å². The van der Waals surface area contributed by atoms with Gasteiger partial charge in [0, 0.05) is 18.1 Å². The van der Waals surface area contributed by atoms with E-state index in [2.05, 4.69) is 12.2 Å². The van der Waals surface area contributed by atoms with Gasteiger partial charge in [0.05, 0.1) is 0 Å². The van der Waals surface area contributed by atoms with Crippen LogP contribution in [0.25, 0.3) is 0 Å². The Labute approximate surface area is 126 Å². The zero-order chi connectivity index (χ0) is 14.6. The highest BCUT2D eigenvalue weighted by molar-refractivity contribution is 6.31. The molecule has 3 nitrogen and oxygen atoms in total. The van der Waals surface area contributed by atoms with Crippen LogP contribution in [-0.2, 0) is 0 Å². The van der Waals surface area contributed by atoms with Crippen molar-refractivity contribution in [1.82, 2.24) is 5.32 Å². The Morgan fingerprint density at radius 3 is 2.80 bits per heavy atom. The molecule has 20 heavy (non-hydrogen) atoms. The van der Waals surface area contributed by atoms with E-state index in [0.29, 0.717) is 18.6 Å². The largest absolute Gasteiger partial charge is 0.491 e. The van der Waals surface area contributed by atoms with Gasteiger partial charge in [-0.1, -0.05) is 18.5 Å². The number of aliphatic hydroxyl groups is 1. The van der Waals surface area contributed by atoms with E-state index in [0.717, 1.165) is 22.9 Å². The predicted molar refractivity (Wildman–Crippen MR) is 82.5 cm³/mol. The molecular formula is C16H24ClNO2. The highest BCUT2D eigenvalue weighted by Gasteiger charge is 2.39. The van der Waals surface area contributed by atoms with Crippen molar-refractivity contribution in [3.05, 3.63) is 28.8 Å². The smallest absolute Gasteiger partial charge is 0.119 e. The molecule has 1 aromatic carbocycles. The molecule has 2 N–H and O–H groups in total. The molecule has 4 heteroatoms. The minimum absolute atomic E-state index is 0.299. The maximum Gasteiger partial charge on any atom is 0.119 e. The fourth-order valence-electron chi connectivity index (χ4n) is 2.29. The predicted octanol–water partition coefficient (Wildman–Crippen LogP) is 3.17. The minimum atomic E-state index is -0.487. The van der Waals surface area contributed by atoms with Crippen molar-refractivity contribution < 1.29 is 9.84 Å². The first-order valence-electron chi connectivity index (χ1n) is 7.32. The quantitative estimate of drug-likeness (QED) is 0.774. The number of halogens is 1. The number of hydrogen-bond donors (Lipinski definition) is 2. The van der Waals surface area contributed by atoms with E-state index in [1.165, 1.54) is 19.3 Å². The Kier molecular flexibility index (Phi) is 5.30. The van der Waals surface area contributed by atoms with Crippen molar-refractivity contribution in [2.24, 2.45) is 5.41 Å². The Hall–Kier alpha value is -0.770. The van der Waals surface area contributed by atoms with Gasteiger partial charge in [-0.2, -0.15) is 0 Å². The van der Waals surface area contributed by atoms with Crippen LogP contribution < -0.4 is 10.1 Å². The van der Waals surface area contributed by atoms with Crippen molar-refractivity contribution in [2.75, 3.05) is 19.7 Å². The molecule has 1 aliphatic carbocycles. The Morgan fingerprint density at radius 1 is 1.45 bits per heavy atom. The van der Waals surface area contributed by atoms with Crippen LogP contribution in [0.2, 0.25) is 5.02 Å². The molecule has 0 radical (unpaired) electrons. The third-order valence-electron chi connectivity index (χ3n) is 4.16. The zero-order valence-electron chi connectivity index (χ0n) is 12.3. The summed E-state index contributed by atoms with van der Waals surface area (Å²) in [6.45, 7) is 6.05. The summed E-state index contributed by atoms with van der Waals surface area (Å²) in [6.07, 6.45) is 3.36. The number of nitrogens with one attached hydrogen (secondary N) is 1. The van der Waals surface area contributed by atoms with Gasteiger partial charge in [-0.3, -0.25) is 0 Å². The van der Waals surface area contributed by atoms with Gasteiger partial charge >= 0.3 is 0 Å². The molecule has 1 unspecified atom stereocenters. The Balaban J connectivity index is 1.66. The molecule has 1 aromatic rings. The van der Waals surface area contributed by atoms with Gasteiger partial charge in [0.2, 0.25) is 0 Å². The summed E-state index contributed by atoms with van der Waals surface area (Å²) in [7, 11) is 0. The summed E-state index contributed by atoms with van der Waals surface area (Å²) in [6, 6.07) is 5.53.